The van der Waals surface area contributed by atoms with Crippen molar-refractivity contribution in [1.29, 1.82) is 0 Å². The zero-order valence-corrected chi connectivity index (χ0v) is 15.9. The Morgan fingerprint density at radius 2 is 1.68 bits per heavy atom. The number of nitrogens with one attached hydrogen (secondary N) is 2. The van der Waals surface area contributed by atoms with Gasteiger partial charge in [0.25, 0.3) is 5.91 Å². The van der Waals surface area contributed by atoms with Crippen LogP contribution in [0.15, 0.2) is 60.8 Å². The summed E-state index contributed by atoms with van der Waals surface area (Å²) in [7, 11) is 4.71. The molecule has 28 heavy (non-hydrogen) atoms. The van der Waals surface area contributed by atoms with Gasteiger partial charge in [0.2, 0.25) is 0 Å². The van der Waals surface area contributed by atoms with Crippen molar-refractivity contribution in [3.63, 3.8) is 0 Å². The maximum absolute atomic E-state index is 12.7. The van der Waals surface area contributed by atoms with E-state index in [0.717, 1.165) is 11.4 Å². The fourth-order valence-electron chi connectivity index (χ4n) is 2.59. The van der Waals surface area contributed by atoms with E-state index in [-0.39, 0.29) is 5.91 Å². The topological polar surface area (TPSA) is 81.7 Å². The first kappa shape index (κ1) is 19.0. The maximum atomic E-state index is 12.7. The average molecular weight is 379 g/mol. The molecule has 1 aromatic heterocycles. The molecule has 0 saturated heterocycles. The second-order valence-electron chi connectivity index (χ2n) is 5.81. The molecule has 0 unspecified atom stereocenters. The second kappa shape index (κ2) is 8.77. The molecule has 2 aromatic carbocycles. The third kappa shape index (κ3) is 4.50. The molecule has 0 aliphatic rings. The highest BCUT2D eigenvalue weighted by Gasteiger charge is 2.12. The number of nitrogens with zero attached hydrogens (tertiary/aromatic N) is 1. The van der Waals surface area contributed by atoms with Crippen molar-refractivity contribution < 1.29 is 19.0 Å². The average Bonchev–Trinajstić information content (AvgIpc) is 2.74. The van der Waals surface area contributed by atoms with E-state index in [1.54, 1.807) is 50.7 Å². The number of benzene rings is 2. The number of methoxy groups -OCH3 is 3. The minimum atomic E-state index is -0.278. The molecule has 3 rings (SSSR count). The van der Waals surface area contributed by atoms with Crippen LogP contribution in [-0.2, 0) is 0 Å². The van der Waals surface area contributed by atoms with Crippen molar-refractivity contribution in [1.82, 2.24) is 4.98 Å². The Morgan fingerprint density at radius 3 is 2.43 bits per heavy atom. The third-order valence-electron chi connectivity index (χ3n) is 4.02. The van der Waals surface area contributed by atoms with Crippen LogP contribution < -0.4 is 24.8 Å². The normalized spacial score (nSPS) is 10.1. The van der Waals surface area contributed by atoms with Crippen LogP contribution in [0.4, 0.5) is 17.2 Å². The van der Waals surface area contributed by atoms with E-state index in [0.29, 0.717) is 28.6 Å². The van der Waals surface area contributed by atoms with Crippen molar-refractivity contribution in [3.8, 4) is 17.2 Å². The third-order valence-corrected chi connectivity index (χ3v) is 4.02. The first-order valence-electron chi connectivity index (χ1n) is 8.53. The van der Waals surface area contributed by atoms with Gasteiger partial charge in [-0.3, -0.25) is 4.79 Å². The largest absolute Gasteiger partial charge is 0.497 e. The van der Waals surface area contributed by atoms with Crippen LogP contribution >= 0.6 is 0 Å². The van der Waals surface area contributed by atoms with Gasteiger partial charge in [-0.25, -0.2) is 4.98 Å². The van der Waals surface area contributed by atoms with Gasteiger partial charge in [0.05, 0.1) is 27.0 Å². The van der Waals surface area contributed by atoms with Crippen molar-refractivity contribution >= 4 is 23.1 Å². The van der Waals surface area contributed by atoms with Crippen molar-refractivity contribution in [2.24, 2.45) is 0 Å². The van der Waals surface area contributed by atoms with Crippen molar-refractivity contribution in [2.45, 2.75) is 0 Å². The summed E-state index contributed by atoms with van der Waals surface area (Å²) >= 11 is 0. The molecule has 7 nitrogen and oxygen atoms in total. The summed E-state index contributed by atoms with van der Waals surface area (Å²) in [6, 6.07) is 16.0. The molecule has 3 aromatic rings. The number of aromatic nitrogens is 1. The highest BCUT2D eigenvalue weighted by molar-refractivity contribution is 6.05. The predicted molar refractivity (Wildman–Crippen MR) is 108 cm³/mol. The molecule has 0 atom stereocenters. The van der Waals surface area contributed by atoms with Crippen molar-refractivity contribution in [2.75, 3.05) is 32.0 Å². The zero-order chi connectivity index (χ0) is 19.9. The van der Waals surface area contributed by atoms with Crippen LogP contribution in [0.3, 0.4) is 0 Å². The van der Waals surface area contributed by atoms with Crippen LogP contribution in [0.1, 0.15) is 10.4 Å². The van der Waals surface area contributed by atoms with Crippen LogP contribution in [0.5, 0.6) is 17.2 Å². The number of amides is 1. The minimum absolute atomic E-state index is 0.278. The number of carbonyl (C=O) groups is 1. The zero-order valence-electron chi connectivity index (χ0n) is 15.9. The van der Waals surface area contributed by atoms with Gasteiger partial charge in [-0.2, -0.15) is 0 Å². The number of carbonyl (C=O) groups excluding carboxylic acids is 1. The Hall–Kier alpha value is -3.74. The Bertz CT molecular complexity index is 975. The quantitative estimate of drug-likeness (QED) is 0.643. The number of hydrogen-bond acceptors (Lipinski definition) is 6. The standard InChI is InChI=1S/C21H21N3O4/c1-26-16-6-4-5-15(12-16)23-20-11-14(9-10-22-20)21(25)24-18-8-7-17(27-2)13-19(18)28-3/h4-13H,1-3H3,(H,22,23)(H,24,25). The molecule has 0 bridgehead atoms. The summed E-state index contributed by atoms with van der Waals surface area (Å²) < 4.78 is 15.7. The molecule has 1 heterocycles. The second-order valence-corrected chi connectivity index (χ2v) is 5.81. The lowest BCUT2D eigenvalue weighted by Crippen LogP contribution is -2.13. The van der Waals surface area contributed by atoms with Gasteiger partial charge in [0.1, 0.15) is 23.1 Å². The summed E-state index contributed by atoms with van der Waals surface area (Å²) in [5.41, 5.74) is 1.81. The predicted octanol–water partition coefficient (Wildman–Crippen LogP) is 4.10. The summed E-state index contributed by atoms with van der Waals surface area (Å²) in [5, 5.41) is 6.01. The van der Waals surface area contributed by atoms with E-state index < -0.39 is 0 Å². The monoisotopic (exact) mass is 379 g/mol. The van der Waals surface area contributed by atoms with Gasteiger partial charge < -0.3 is 24.8 Å². The van der Waals surface area contributed by atoms with E-state index in [9.17, 15) is 4.79 Å². The molecule has 0 fully saturated rings. The molecule has 0 radical (unpaired) electrons. The first-order valence-corrected chi connectivity index (χ1v) is 8.53. The number of hydrogen-bond donors (Lipinski definition) is 2. The van der Waals surface area contributed by atoms with E-state index >= 15 is 0 Å². The lowest BCUT2D eigenvalue weighted by atomic mass is 10.2. The minimum Gasteiger partial charge on any atom is -0.497 e. The van der Waals surface area contributed by atoms with Gasteiger partial charge in [-0.1, -0.05) is 6.07 Å². The van der Waals surface area contributed by atoms with Gasteiger partial charge >= 0.3 is 0 Å². The van der Waals surface area contributed by atoms with Crippen LogP contribution in [0.25, 0.3) is 0 Å². The molecule has 144 valence electrons. The molecule has 0 aliphatic heterocycles. The van der Waals surface area contributed by atoms with E-state index in [1.807, 2.05) is 24.3 Å². The SMILES string of the molecule is COc1cccc(Nc2cc(C(=O)Nc3ccc(OC)cc3OC)ccn2)c1. The molecule has 7 heteroatoms. The van der Waals surface area contributed by atoms with E-state index in [2.05, 4.69) is 15.6 Å². The summed E-state index contributed by atoms with van der Waals surface area (Å²) in [6.07, 6.45) is 1.57. The molecule has 2 N–H and O–H groups in total. The van der Waals surface area contributed by atoms with E-state index in [1.165, 1.54) is 7.11 Å². The Morgan fingerprint density at radius 1 is 0.893 bits per heavy atom. The van der Waals surface area contributed by atoms with Crippen molar-refractivity contribution in [3.05, 3.63) is 66.4 Å². The molecule has 0 aliphatic carbocycles. The molecule has 0 saturated carbocycles. The summed E-state index contributed by atoms with van der Waals surface area (Å²) in [6.45, 7) is 0. The number of pyridine rings is 1. The van der Waals surface area contributed by atoms with Gasteiger partial charge in [0, 0.05) is 29.6 Å². The number of ether oxygens (including phenoxy) is 3. The Kier molecular flexibility index (Phi) is 5.96. The maximum Gasteiger partial charge on any atom is 0.255 e. The summed E-state index contributed by atoms with van der Waals surface area (Å²) in [5.74, 6) is 2.15. The first-order chi connectivity index (χ1) is 13.6. The number of rotatable bonds is 7. The summed E-state index contributed by atoms with van der Waals surface area (Å²) in [4.78, 5) is 16.9. The highest BCUT2D eigenvalue weighted by atomic mass is 16.5. The highest BCUT2D eigenvalue weighted by Crippen LogP contribution is 2.29. The fourth-order valence-corrected chi connectivity index (χ4v) is 2.59. The molecular formula is C21H21N3O4. The van der Waals surface area contributed by atoms with Gasteiger partial charge in [-0.15, -0.1) is 0 Å². The van der Waals surface area contributed by atoms with Gasteiger partial charge in [-0.05, 0) is 36.4 Å². The van der Waals surface area contributed by atoms with Crippen LogP contribution in [-0.4, -0.2) is 32.2 Å². The lowest BCUT2D eigenvalue weighted by molar-refractivity contribution is 0.102. The van der Waals surface area contributed by atoms with Crippen LogP contribution in [0, 0.1) is 0 Å². The van der Waals surface area contributed by atoms with Crippen LogP contribution in [0.2, 0.25) is 0 Å². The van der Waals surface area contributed by atoms with Gasteiger partial charge in [0.15, 0.2) is 0 Å². The molecule has 1 amide bonds. The Balaban J connectivity index is 1.77. The van der Waals surface area contributed by atoms with E-state index in [4.69, 9.17) is 14.2 Å². The molecule has 0 spiro atoms. The Labute approximate surface area is 163 Å². The molecular weight excluding hydrogens is 358 g/mol. The number of anilines is 3. The fraction of sp³-hybridized carbons (Fsp3) is 0.143. The smallest absolute Gasteiger partial charge is 0.255 e. The lowest BCUT2D eigenvalue weighted by Gasteiger charge is -2.12.